The minimum atomic E-state index is -1.24. The quantitative estimate of drug-likeness (QED) is 0.776. The maximum absolute atomic E-state index is 10.9. The van der Waals surface area contributed by atoms with Gasteiger partial charge in [0.1, 0.15) is 28.8 Å². The summed E-state index contributed by atoms with van der Waals surface area (Å²) >= 11 is 0. The normalized spacial score (nSPS) is 10.4. The van der Waals surface area contributed by atoms with Crippen molar-refractivity contribution in [2.24, 2.45) is 0 Å². The molecule has 0 unspecified atom stereocenters. The molecule has 0 atom stereocenters. The highest BCUT2D eigenvalue weighted by Gasteiger charge is 2.20. The molecule has 0 bridgehead atoms. The molecule has 3 heterocycles. The van der Waals surface area contributed by atoms with E-state index in [2.05, 4.69) is 10.1 Å². The van der Waals surface area contributed by atoms with Crippen LogP contribution in [-0.4, -0.2) is 28.3 Å². The van der Waals surface area contributed by atoms with Crippen LogP contribution in [0.4, 0.5) is 0 Å². The number of aryl methyl sites for hydroxylation is 1. The number of furan rings is 1. The Morgan fingerprint density at radius 3 is 2.67 bits per heavy atom. The van der Waals surface area contributed by atoms with Crippen molar-refractivity contribution in [2.75, 3.05) is 7.11 Å². The summed E-state index contributed by atoms with van der Waals surface area (Å²) in [6.07, 6.45) is 0. The minimum Gasteiger partial charge on any atom is -0.480 e. The summed E-state index contributed by atoms with van der Waals surface area (Å²) in [5.41, 5.74) is 1.18. The molecule has 0 aliphatic carbocycles. The molecule has 0 spiro atoms. The number of nitrogens with zero attached hydrogens (tertiary/aromatic N) is 3. The lowest BCUT2D eigenvalue weighted by molar-refractivity contribution is 0.0652. The van der Waals surface area contributed by atoms with Crippen molar-refractivity contribution in [1.29, 1.82) is 5.26 Å². The molecule has 3 aromatic rings. The van der Waals surface area contributed by atoms with Gasteiger partial charge in [-0.1, -0.05) is 5.16 Å². The van der Waals surface area contributed by atoms with Crippen LogP contribution in [0.5, 0.6) is 5.88 Å². The monoisotopic (exact) mass is 325 g/mol. The second kappa shape index (κ2) is 5.89. The molecule has 0 aliphatic rings. The number of methoxy groups -OCH3 is 1. The van der Waals surface area contributed by atoms with E-state index in [9.17, 15) is 10.1 Å². The highest BCUT2D eigenvalue weighted by atomic mass is 16.5. The van der Waals surface area contributed by atoms with Gasteiger partial charge in [-0.3, -0.25) is 0 Å². The zero-order chi connectivity index (χ0) is 17.3. The predicted molar refractivity (Wildman–Crippen MR) is 80.4 cm³/mol. The average molecular weight is 325 g/mol. The molecule has 0 radical (unpaired) electrons. The Hall–Kier alpha value is -3.60. The molecule has 8 heteroatoms. The van der Waals surface area contributed by atoms with Crippen molar-refractivity contribution in [3.8, 4) is 34.7 Å². The molecule has 3 rings (SSSR count). The molecule has 0 aromatic carbocycles. The van der Waals surface area contributed by atoms with E-state index in [0.717, 1.165) is 0 Å². The van der Waals surface area contributed by atoms with E-state index in [-0.39, 0.29) is 22.9 Å². The standard InChI is InChI=1S/C16H11N3O5/c1-8-3-4-13(23-8)9-5-11(18-15(22-2)10(9)7-17)12-6-14(16(20)21)24-19-12/h3-6H,1-2H3,(H,20,21). The van der Waals surface area contributed by atoms with Crippen LogP contribution in [0, 0.1) is 18.3 Å². The summed E-state index contributed by atoms with van der Waals surface area (Å²) < 4.78 is 15.5. The van der Waals surface area contributed by atoms with E-state index >= 15 is 0 Å². The lowest BCUT2D eigenvalue weighted by atomic mass is 10.1. The third-order valence-electron chi connectivity index (χ3n) is 3.28. The first-order chi connectivity index (χ1) is 11.5. The summed E-state index contributed by atoms with van der Waals surface area (Å²) in [4.78, 5) is 15.1. The van der Waals surface area contributed by atoms with Crippen LogP contribution in [-0.2, 0) is 0 Å². The summed E-state index contributed by atoms with van der Waals surface area (Å²) in [7, 11) is 1.38. The number of ether oxygens (including phenoxy) is 1. The Labute approximate surface area is 135 Å². The Bertz CT molecular complexity index is 964. The average Bonchev–Trinajstić information content (AvgIpc) is 3.22. The van der Waals surface area contributed by atoms with Gasteiger partial charge in [-0.2, -0.15) is 5.26 Å². The zero-order valence-corrected chi connectivity index (χ0v) is 12.7. The lowest BCUT2D eigenvalue weighted by Gasteiger charge is -2.08. The number of pyridine rings is 1. The van der Waals surface area contributed by atoms with E-state index in [1.165, 1.54) is 13.2 Å². The number of carbonyl (C=O) groups is 1. The van der Waals surface area contributed by atoms with E-state index in [1.54, 1.807) is 25.1 Å². The van der Waals surface area contributed by atoms with Gasteiger partial charge in [0.15, 0.2) is 0 Å². The topological polar surface area (TPSA) is 122 Å². The van der Waals surface area contributed by atoms with Crippen molar-refractivity contribution in [3.05, 3.63) is 41.3 Å². The van der Waals surface area contributed by atoms with Gasteiger partial charge in [0, 0.05) is 11.6 Å². The first kappa shape index (κ1) is 15.3. The third kappa shape index (κ3) is 2.59. The maximum atomic E-state index is 10.9. The van der Waals surface area contributed by atoms with E-state index in [4.69, 9.17) is 18.8 Å². The molecule has 0 saturated carbocycles. The van der Waals surface area contributed by atoms with Crippen molar-refractivity contribution in [2.45, 2.75) is 6.92 Å². The van der Waals surface area contributed by atoms with Crippen LogP contribution in [0.3, 0.4) is 0 Å². The highest BCUT2D eigenvalue weighted by molar-refractivity contribution is 5.85. The Balaban J connectivity index is 2.21. The van der Waals surface area contributed by atoms with Gasteiger partial charge in [-0.25, -0.2) is 9.78 Å². The van der Waals surface area contributed by atoms with E-state index in [1.807, 2.05) is 6.07 Å². The van der Waals surface area contributed by atoms with Gasteiger partial charge in [0.05, 0.1) is 12.8 Å². The fraction of sp³-hybridized carbons (Fsp3) is 0.125. The molecule has 0 amide bonds. The lowest BCUT2D eigenvalue weighted by Crippen LogP contribution is -1.97. The van der Waals surface area contributed by atoms with Gasteiger partial charge in [0.25, 0.3) is 0 Å². The van der Waals surface area contributed by atoms with Crippen molar-refractivity contribution in [1.82, 2.24) is 10.1 Å². The smallest absolute Gasteiger partial charge is 0.374 e. The molecule has 1 N–H and O–H groups in total. The summed E-state index contributed by atoms with van der Waals surface area (Å²) in [6, 6.07) is 8.34. The van der Waals surface area contributed by atoms with Gasteiger partial charge in [-0.15, -0.1) is 0 Å². The van der Waals surface area contributed by atoms with Crippen LogP contribution in [0.1, 0.15) is 21.9 Å². The van der Waals surface area contributed by atoms with Crippen LogP contribution in [0.15, 0.2) is 33.2 Å². The molecular weight excluding hydrogens is 314 g/mol. The van der Waals surface area contributed by atoms with Gasteiger partial charge < -0.3 is 18.8 Å². The van der Waals surface area contributed by atoms with E-state index < -0.39 is 5.97 Å². The molecule has 8 nitrogen and oxygen atoms in total. The molecule has 0 saturated heterocycles. The summed E-state index contributed by atoms with van der Waals surface area (Å²) in [5, 5.41) is 22.0. The molecule has 0 fully saturated rings. The van der Waals surface area contributed by atoms with Crippen molar-refractivity contribution in [3.63, 3.8) is 0 Å². The maximum Gasteiger partial charge on any atom is 0.374 e. The minimum absolute atomic E-state index is 0.0823. The first-order valence-electron chi connectivity index (χ1n) is 6.79. The second-order valence-electron chi connectivity index (χ2n) is 4.84. The molecular formula is C16H11N3O5. The Morgan fingerprint density at radius 2 is 2.12 bits per heavy atom. The van der Waals surface area contributed by atoms with Crippen LogP contribution in [0.25, 0.3) is 22.7 Å². The first-order valence-corrected chi connectivity index (χ1v) is 6.79. The van der Waals surface area contributed by atoms with Crippen LogP contribution in [0.2, 0.25) is 0 Å². The van der Waals surface area contributed by atoms with Crippen molar-refractivity contribution < 1.29 is 23.6 Å². The molecule has 24 heavy (non-hydrogen) atoms. The number of aromatic carboxylic acids is 1. The molecule has 120 valence electrons. The predicted octanol–water partition coefficient (Wildman–Crippen LogP) is 2.88. The van der Waals surface area contributed by atoms with Gasteiger partial charge >= 0.3 is 5.97 Å². The van der Waals surface area contributed by atoms with Crippen molar-refractivity contribution >= 4 is 5.97 Å². The van der Waals surface area contributed by atoms with Crippen LogP contribution >= 0.6 is 0 Å². The van der Waals surface area contributed by atoms with Gasteiger partial charge in [0.2, 0.25) is 11.6 Å². The molecule has 0 aliphatic heterocycles. The van der Waals surface area contributed by atoms with Gasteiger partial charge in [-0.05, 0) is 25.1 Å². The SMILES string of the molecule is COc1nc(-c2cc(C(=O)O)on2)cc(-c2ccc(C)o2)c1C#N. The number of hydrogen-bond donors (Lipinski definition) is 1. The molecule has 3 aromatic heterocycles. The largest absolute Gasteiger partial charge is 0.480 e. The third-order valence-corrected chi connectivity index (χ3v) is 3.28. The summed E-state index contributed by atoms with van der Waals surface area (Å²) in [6.45, 7) is 1.78. The van der Waals surface area contributed by atoms with E-state index in [0.29, 0.717) is 22.8 Å². The number of nitriles is 1. The Morgan fingerprint density at radius 1 is 1.33 bits per heavy atom. The zero-order valence-electron chi connectivity index (χ0n) is 12.7. The number of carboxylic acids is 1. The number of carboxylic acid groups (broad SMARTS) is 1. The second-order valence-corrected chi connectivity index (χ2v) is 4.84. The number of hydrogen-bond acceptors (Lipinski definition) is 7. The number of aromatic nitrogens is 2. The highest BCUT2D eigenvalue weighted by Crippen LogP contribution is 2.34. The summed E-state index contributed by atoms with van der Waals surface area (Å²) in [5.74, 6) is -0.325. The fourth-order valence-electron chi connectivity index (χ4n) is 2.18. The Kier molecular flexibility index (Phi) is 3.75. The number of rotatable bonds is 4. The van der Waals surface area contributed by atoms with Crippen LogP contribution < -0.4 is 4.74 Å². The fourth-order valence-corrected chi connectivity index (χ4v) is 2.18.